The van der Waals surface area contributed by atoms with Gasteiger partial charge in [-0.15, -0.1) is 11.3 Å². The highest BCUT2D eigenvalue weighted by Gasteiger charge is 2.29. The van der Waals surface area contributed by atoms with E-state index in [-0.39, 0.29) is 25.8 Å². The highest BCUT2D eigenvalue weighted by atomic mass is 32.1. The van der Waals surface area contributed by atoms with E-state index in [1.165, 1.54) is 43.3 Å². The Hall–Kier alpha value is -3.82. The van der Waals surface area contributed by atoms with Crippen LogP contribution in [0.25, 0.3) is 21.5 Å². The maximum atomic E-state index is 12.5. The number of benzene rings is 2. The number of aryl methyl sites for hydroxylation is 1. The molecule has 0 spiro atoms. The molecule has 0 bridgehead atoms. The van der Waals surface area contributed by atoms with Gasteiger partial charge in [0.05, 0.1) is 35.7 Å². The van der Waals surface area contributed by atoms with Gasteiger partial charge in [-0.05, 0) is 54.5 Å². The average molecular weight is 577 g/mol. The van der Waals surface area contributed by atoms with Gasteiger partial charge >= 0.3 is 12.1 Å². The molecule has 216 valence electrons. The predicted octanol–water partition coefficient (Wildman–Crippen LogP) is 6.71. The fourth-order valence-corrected chi connectivity index (χ4v) is 6.81. The highest BCUT2D eigenvalue weighted by Crippen LogP contribution is 2.47. The number of amides is 1. The van der Waals surface area contributed by atoms with E-state index >= 15 is 0 Å². The first-order chi connectivity index (χ1) is 20.0. The van der Waals surface area contributed by atoms with Crippen LogP contribution in [0, 0.1) is 6.92 Å². The fraction of sp³-hybridized carbons (Fsp3) is 0.375. The summed E-state index contributed by atoms with van der Waals surface area (Å²) in [5, 5.41) is 12.6. The van der Waals surface area contributed by atoms with Crippen LogP contribution in [0.3, 0.4) is 0 Å². The van der Waals surface area contributed by atoms with Crippen molar-refractivity contribution in [3.8, 4) is 17.0 Å². The van der Waals surface area contributed by atoms with Crippen LogP contribution in [0.4, 0.5) is 4.79 Å². The molecule has 9 heteroatoms. The second-order valence-corrected chi connectivity index (χ2v) is 11.4. The number of carbonyl (C=O) groups excluding carboxylic acids is 2. The van der Waals surface area contributed by atoms with Crippen LogP contribution in [0.2, 0.25) is 0 Å². The van der Waals surface area contributed by atoms with Crippen LogP contribution in [-0.2, 0) is 16.1 Å². The van der Waals surface area contributed by atoms with E-state index in [0.29, 0.717) is 16.5 Å². The van der Waals surface area contributed by atoms with Crippen molar-refractivity contribution < 1.29 is 28.9 Å². The van der Waals surface area contributed by atoms with E-state index < -0.39 is 12.1 Å². The Balaban J connectivity index is 1.38. The number of esters is 1. The summed E-state index contributed by atoms with van der Waals surface area (Å²) < 4.78 is 17.7. The molecule has 1 fully saturated rings. The number of aromatic amines is 1. The molecule has 8 nitrogen and oxygen atoms in total. The predicted molar refractivity (Wildman–Crippen MR) is 160 cm³/mol. The van der Waals surface area contributed by atoms with Crippen molar-refractivity contribution in [2.24, 2.45) is 0 Å². The van der Waals surface area contributed by atoms with Gasteiger partial charge in [0.2, 0.25) is 0 Å². The van der Waals surface area contributed by atoms with E-state index in [2.05, 4.69) is 10.3 Å². The number of ether oxygens (including phenoxy) is 3. The van der Waals surface area contributed by atoms with Gasteiger partial charge in [-0.2, -0.15) is 0 Å². The number of aliphatic hydroxyl groups is 1. The molecule has 3 N–H and O–H groups in total. The molecule has 1 aliphatic rings. The average Bonchev–Trinajstić information content (AvgIpc) is 3.55. The van der Waals surface area contributed by atoms with E-state index in [0.717, 1.165) is 45.4 Å². The van der Waals surface area contributed by atoms with Crippen LogP contribution in [-0.4, -0.2) is 48.5 Å². The second kappa shape index (κ2) is 13.2. The van der Waals surface area contributed by atoms with Crippen LogP contribution in [0.1, 0.15) is 64.4 Å². The number of aromatic nitrogens is 1. The normalized spacial score (nSPS) is 14.5. The third-order valence-corrected chi connectivity index (χ3v) is 8.95. The molecule has 0 saturated heterocycles. The lowest BCUT2D eigenvalue weighted by atomic mass is 9.83. The van der Waals surface area contributed by atoms with Gasteiger partial charge < -0.3 is 29.6 Å². The first-order valence-corrected chi connectivity index (χ1v) is 14.8. The maximum Gasteiger partial charge on any atom is 0.407 e. The number of hydrogen-bond donors (Lipinski definition) is 3. The number of alkyl carbamates (subject to hydrolysis) is 1. The number of rotatable bonds is 10. The van der Waals surface area contributed by atoms with Gasteiger partial charge in [-0.1, -0.05) is 61.7 Å². The Morgan fingerprint density at radius 3 is 2.54 bits per heavy atom. The van der Waals surface area contributed by atoms with E-state index in [1.54, 1.807) is 0 Å². The first kappa shape index (κ1) is 28.7. The van der Waals surface area contributed by atoms with E-state index in [4.69, 9.17) is 14.2 Å². The molecular formula is C32H36N2O6S. The summed E-state index contributed by atoms with van der Waals surface area (Å²) in [6, 6.07) is 16.5. The zero-order valence-electron chi connectivity index (χ0n) is 23.4. The summed E-state index contributed by atoms with van der Waals surface area (Å²) >= 11 is 1.49. The standard InChI is InChI=1S/C32H36N2O6S/c1-20-27-30(41-29(20)31(36)38-2)26(22-13-7-4-8-14-22)28(34-27)24-15-9-10-16-25(24)39-19-23(17-35)33-32(37)40-18-21-11-5-3-6-12-21/h3,5-6,9-12,15-16,22-23,34-35H,4,7-8,13-14,17-19H2,1-2H3,(H,33,37)/t23-/m1/s1. The molecular weight excluding hydrogens is 540 g/mol. The van der Waals surface area contributed by atoms with Crippen molar-refractivity contribution in [3.63, 3.8) is 0 Å². The van der Waals surface area contributed by atoms with E-state index in [1.807, 2.05) is 61.5 Å². The Morgan fingerprint density at radius 1 is 1.07 bits per heavy atom. The number of aliphatic hydroxyl groups excluding tert-OH is 1. The summed E-state index contributed by atoms with van der Waals surface area (Å²) in [5.41, 5.74) is 5.83. The van der Waals surface area contributed by atoms with Gasteiger partial charge in [0.1, 0.15) is 23.8 Å². The highest BCUT2D eigenvalue weighted by molar-refractivity contribution is 7.21. The monoisotopic (exact) mass is 576 g/mol. The zero-order chi connectivity index (χ0) is 28.8. The molecule has 2 heterocycles. The molecule has 0 radical (unpaired) electrons. The molecule has 1 aliphatic carbocycles. The topological polar surface area (TPSA) is 110 Å². The SMILES string of the molecule is COC(=O)c1sc2c(C3CCCCC3)c(-c3ccccc3OC[C@@H](CO)NC(=O)OCc3ccccc3)[nH]c2c1C. The number of fused-ring (bicyclic) bond motifs is 1. The Labute approximate surface area is 243 Å². The minimum Gasteiger partial charge on any atom is -0.491 e. The Morgan fingerprint density at radius 2 is 1.80 bits per heavy atom. The third kappa shape index (κ3) is 6.41. The number of hydrogen-bond acceptors (Lipinski definition) is 7. The van der Waals surface area contributed by atoms with Gasteiger partial charge in [-0.3, -0.25) is 0 Å². The summed E-state index contributed by atoms with van der Waals surface area (Å²) in [6.45, 7) is 1.85. The molecule has 1 amide bonds. The Bertz CT molecular complexity index is 1490. The molecule has 4 aromatic rings. The van der Waals surface area contributed by atoms with Gasteiger partial charge in [0, 0.05) is 5.56 Å². The largest absolute Gasteiger partial charge is 0.491 e. The summed E-state index contributed by atoms with van der Waals surface area (Å²) in [7, 11) is 1.41. The molecule has 1 saturated carbocycles. The number of nitrogens with one attached hydrogen (secondary N) is 2. The molecule has 0 unspecified atom stereocenters. The quantitative estimate of drug-likeness (QED) is 0.181. The van der Waals surface area contributed by atoms with Crippen molar-refractivity contribution in [2.45, 2.75) is 57.6 Å². The van der Waals surface area contributed by atoms with Crippen molar-refractivity contribution in [1.82, 2.24) is 10.3 Å². The van der Waals surface area contributed by atoms with Gasteiger partial charge in [0.25, 0.3) is 0 Å². The number of methoxy groups -OCH3 is 1. The lowest BCUT2D eigenvalue weighted by Crippen LogP contribution is -2.42. The van der Waals surface area contributed by atoms with Crippen LogP contribution in [0.5, 0.6) is 5.75 Å². The second-order valence-electron chi connectivity index (χ2n) is 10.4. The lowest BCUT2D eigenvalue weighted by molar-refractivity contribution is 0.0605. The lowest BCUT2D eigenvalue weighted by Gasteiger charge is -2.23. The molecule has 1 atom stereocenters. The fourth-order valence-electron chi connectivity index (χ4n) is 5.50. The number of thiophene rings is 1. The molecule has 5 rings (SSSR count). The van der Waals surface area contributed by atoms with E-state index in [9.17, 15) is 14.7 Å². The zero-order valence-corrected chi connectivity index (χ0v) is 24.2. The summed E-state index contributed by atoms with van der Waals surface area (Å²) in [5.74, 6) is 0.694. The van der Waals surface area contributed by atoms with Crippen molar-refractivity contribution >= 4 is 33.6 Å². The summed E-state index contributed by atoms with van der Waals surface area (Å²) in [4.78, 5) is 29.1. The maximum absolute atomic E-state index is 12.5. The number of H-pyrrole nitrogens is 1. The molecule has 41 heavy (non-hydrogen) atoms. The first-order valence-electron chi connectivity index (χ1n) is 14.0. The Kier molecular flexibility index (Phi) is 9.26. The minimum atomic E-state index is -0.652. The minimum absolute atomic E-state index is 0.0628. The van der Waals surface area contributed by atoms with Crippen molar-refractivity contribution in [2.75, 3.05) is 20.3 Å². The molecule has 2 aromatic heterocycles. The van der Waals surface area contributed by atoms with Gasteiger partial charge in [-0.25, -0.2) is 9.59 Å². The van der Waals surface area contributed by atoms with Crippen molar-refractivity contribution in [1.29, 1.82) is 0 Å². The number of carbonyl (C=O) groups is 2. The van der Waals surface area contributed by atoms with Crippen molar-refractivity contribution in [3.05, 3.63) is 76.2 Å². The van der Waals surface area contributed by atoms with Gasteiger partial charge in [0.15, 0.2) is 0 Å². The molecule has 2 aromatic carbocycles. The van der Waals surface area contributed by atoms with Crippen LogP contribution < -0.4 is 10.1 Å². The number of para-hydroxylation sites is 1. The smallest absolute Gasteiger partial charge is 0.407 e. The molecule has 0 aliphatic heterocycles. The third-order valence-electron chi connectivity index (χ3n) is 7.65. The van der Waals surface area contributed by atoms with Crippen LogP contribution in [0.15, 0.2) is 54.6 Å². The van der Waals surface area contributed by atoms with Crippen LogP contribution >= 0.6 is 11.3 Å². The summed E-state index contributed by atoms with van der Waals surface area (Å²) in [6.07, 6.45) is 5.15.